The number of benzene rings is 1. The Morgan fingerprint density at radius 1 is 1.38 bits per heavy atom. The average Bonchev–Trinajstić information content (AvgIpc) is 3.22. The molecule has 2 aliphatic rings. The normalized spacial score (nSPS) is 26.7. The van der Waals surface area contributed by atoms with E-state index >= 15 is 0 Å². The van der Waals surface area contributed by atoms with Crippen molar-refractivity contribution >= 4 is 5.97 Å². The van der Waals surface area contributed by atoms with Crippen LogP contribution in [0.1, 0.15) is 51.2 Å². The molecule has 0 spiro atoms. The first kappa shape index (κ1) is 19.2. The molecule has 0 aromatic heterocycles. The molecule has 4 unspecified atom stereocenters. The van der Waals surface area contributed by atoms with Crippen LogP contribution in [0.5, 0.6) is 5.75 Å². The molecule has 1 aromatic rings. The van der Waals surface area contributed by atoms with E-state index in [4.69, 9.17) is 9.47 Å². The number of aliphatic carboxylic acids is 1. The van der Waals surface area contributed by atoms with Crippen LogP contribution in [0, 0.1) is 5.92 Å². The third kappa shape index (κ3) is 3.74. The maximum atomic E-state index is 12.2. The standard InChI is InChI=1S/C21H31NO4/c1-5-14(4)26-12-18-20(21(23)24)17(11-22(18)13(2)3)15-6-7-19-16(10-15)8-9-25-19/h6-7,10,13-14,17-18,20H,5,8-9,11-12H2,1-4H3,(H,23,24). The predicted octanol–water partition coefficient (Wildman–Crippen LogP) is 3.31. The topological polar surface area (TPSA) is 59.0 Å². The second-order valence-corrected chi connectivity index (χ2v) is 7.85. The molecule has 26 heavy (non-hydrogen) atoms. The fourth-order valence-electron chi connectivity index (χ4n) is 4.21. The number of fused-ring (bicyclic) bond motifs is 1. The first-order chi connectivity index (χ1) is 12.4. The Bertz CT molecular complexity index is 645. The summed E-state index contributed by atoms with van der Waals surface area (Å²) in [5, 5.41) is 10.0. The zero-order valence-electron chi connectivity index (χ0n) is 16.3. The van der Waals surface area contributed by atoms with Gasteiger partial charge in [-0.1, -0.05) is 19.1 Å². The first-order valence-corrected chi connectivity index (χ1v) is 9.78. The van der Waals surface area contributed by atoms with Crippen LogP contribution in [0.15, 0.2) is 18.2 Å². The molecular weight excluding hydrogens is 330 g/mol. The van der Waals surface area contributed by atoms with Crippen molar-refractivity contribution in [3.05, 3.63) is 29.3 Å². The van der Waals surface area contributed by atoms with E-state index in [1.165, 1.54) is 5.56 Å². The lowest BCUT2D eigenvalue weighted by Gasteiger charge is -2.30. The van der Waals surface area contributed by atoms with Crippen LogP contribution in [0.2, 0.25) is 0 Å². The minimum atomic E-state index is -0.729. The van der Waals surface area contributed by atoms with E-state index < -0.39 is 11.9 Å². The van der Waals surface area contributed by atoms with Crippen LogP contribution in [0.25, 0.3) is 0 Å². The van der Waals surface area contributed by atoms with Crippen molar-refractivity contribution in [1.82, 2.24) is 4.90 Å². The van der Waals surface area contributed by atoms with Crippen molar-refractivity contribution in [3.8, 4) is 5.75 Å². The van der Waals surface area contributed by atoms with E-state index in [1.54, 1.807) is 0 Å². The quantitative estimate of drug-likeness (QED) is 0.807. The molecule has 1 fully saturated rings. The van der Waals surface area contributed by atoms with Crippen LogP contribution in [-0.4, -0.2) is 53.9 Å². The molecule has 144 valence electrons. The molecule has 3 rings (SSSR count). The SMILES string of the molecule is CCC(C)OCC1C(C(=O)O)C(c2ccc3c(c2)CCO3)CN1C(C)C. The van der Waals surface area contributed by atoms with Crippen molar-refractivity contribution in [1.29, 1.82) is 0 Å². The average molecular weight is 361 g/mol. The summed E-state index contributed by atoms with van der Waals surface area (Å²) in [7, 11) is 0. The Morgan fingerprint density at radius 3 is 2.81 bits per heavy atom. The van der Waals surface area contributed by atoms with Gasteiger partial charge in [-0.15, -0.1) is 0 Å². The molecule has 1 aromatic carbocycles. The summed E-state index contributed by atoms with van der Waals surface area (Å²) in [6, 6.07) is 6.38. The molecule has 0 bridgehead atoms. The molecule has 2 aliphatic heterocycles. The van der Waals surface area contributed by atoms with Crippen molar-refractivity contribution < 1.29 is 19.4 Å². The maximum absolute atomic E-state index is 12.2. The molecule has 5 nitrogen and oxygen atoms in total. The number of hydrogen-bond donors (Lipinski definition) is 1. The highest BCUT2D eigenvalue weighted by molar-refractivity contribution is 5.73. The van der Waals surface area contributed by atoms with Crippen molar-refractivity contribution in [2.24, 2.45) is 5.92 Å². The molecule has 2 heterocycles. The van der Waals surface area contributed by atoms with E-state index in [9.17, 15) is 9.90 Å². The summed E-state index contributed by atoms with van der Waals surface area (Å²) < 4.78 is 11.6. The highest BCUT2D eigenvalue weighted by Crippen LogP contribution is 2.40. The molecule has 5 heteroatoms. The number of likely N-dealkylation sites (tertiary alicyclic amines) is 1. The largest absolute Gasteiger partial charge is 0.493 e. The zero-order valence-corrected chi connectivity index (χ0v) is 16.3. The van der Waals surface area contributed by atoms with Gasteiger partial charge in [0.05, 0.1) is 25.2 Å². The van der Waals surface area contributed by atoms with E-state index in [2.05, 4.69) is 31.7 Å². The van der Waals surface area contributed by atoms with Gasteiger partial charge < -0.3 is 14.6 Å². The minimum Gasteiger partial charge on any atom is -0.493 e. The van der Waals surface area contributed by atoms with Crippen molar-refractivity contribution in [3.63, 3.8) is 0 Å². The summed E-state index contributed by atoms with van der Waals surface area (Å²) >= 11 is 0. The van der Waals surface area contributed by atoms with Gasteiger partial charge in [0, 0.05) is 31.0 Å². The fraction of sp³-hybridized carbons (Fsp3) is 0.667. The molecular formula is C21H31NO4. The van der Waals surface area contributed by atoms with Gasteiger partial charge >= 0.3 is 5.97 Å². The number of rotatable bonds is 7. The lowest BCUT2D eigenvalue weighted by atomic mass is 9.84. The van der Waals surface area contributed by atoms with Crippen LogP contribution in [0.3, 0.4) is 0 Å². The van der Waals surface area contributed by atoms with Gasteiger partial charge in [0.25, 0.3) is 0 Å². The summed E-state index contributed by atoms with van der Waals surface area (Å²) in [4.78, 5) is 14.5. The highest BCUT2D eigenvalue weighted by Gasteiger charge is 2.47. The number of carboxylic acid groups (broad SMARTS) is 1. The Kier molecular flexibility index (Phi) is 5.88. The van der Waals surface area contributed by atoms with Crippen LogP contribution < -0.4 is 4.74 Å². The monoisotopic (exact) mass is 361 g/mol. The Hall–Kier alpha value is -1.59. The van der Waals surface area contributed by atoms with Gasteiger partial charge in [-0.3, -0.25) is 9.69 Å². The molecule has 0 radical (unpaired) electrons. The molecule has 1 saturated heterocycles. The van der Waals surface area contributed by atoms with Gasteiger partial charge in [-0.25, -0.2) is 0 Å². The molecule has 0 amide bonds. The minimum absolute atomic E-state index is 0.0219. The fourth-order valence-corrected chi connectivity index (χ4v) is 4.21. The second-order valence-electron chi connectivity index (χ2n) is 7.85. The second kappa shape index (κ2) is 7.97. The lowest BCUT2D eigenvalue weighted by Crippen LogP contribution is -2.43. The number of carbonyl (C=O) groups is 1. The summed E-state index contributed by atoms with van der Waals surface area (Å²) in [6.45, 7) is 10.3. The summed E-state index contributed by atoms with van der Waals surface area (Å²) in [5.74, 6) is -0.267. The number of carboxylic acids is 1. The smallest absolute Gasteiger partial charge is 0.308 e. The Labute approximate surface area is 156 Å². The van der Waals surface area contributed by atoms with Crippen LogP contribution >= 0.6 is 0 Å². The van der Waals surface area contributed by atoms with Crippen molar-refractivity contribution in [2.75, 3.05) is 19.8 Å². The Balaban J connectivity index is 1.88. The summed E-state index contributed by atoms with van der Waals surface area (Å²) in [6.07, 6.45) is 1.98. The van der Waals surface area contributed by atoms with Gasteiger partial charge in [-0.05, 0) is 44.4 Å². The van der Waals surface area contributed by atoms with Crippen molar-refractivity contribution in [2.45, 2.75) is 64.6 Å². The van der Waals surface area contributed by atoms with E-state index in [0.29, 0.717) is 6.61 Å². The zero-order chi connectivity index (χ0) is 18.8. The molecule has 0 aliphatic carbocycles. The third-order valence-electron chi connectivity index (χ3n) is 5.90. The first-order valence-electron chi connectivity index (χ1n) is 9.78. The van der Waals surface area contributed by atoms with Gasteiger partial charge in [0.15, 0.2) is 0 Å². The van der Waals surface area contributed by atoms with E-state index in [1.807, 2.05) is 19.1 Å². The highest BCUT2D eigenvalue weighted by atomic mass is 16.5. The maximum Gasteiger partial charge on any atom is 0.308 e. The Morgan fingerprint density at radius 2 is 2.15 bits per heavy atom. The van der Waals surface area contributed by atoms with Crippen LogP contribution in [0.4, 0.5) is 0 Å². The molecule has 0 saturated carbocycles. The number of ether oxygens (including phenoxy) is 2. The van der Waals surface area contributed by atoms with Gasteiger partial charge in [0.1, 0.15) is 5.75 Å². The molecule has 1 N–H and O–H groups in total. The van der Waals surface area contributed by atoms with E-state index in [0.717, 1.165) is 37.3 Å². The van der Waals surface area contributed by atoms with E-state index in [-0.39, 0.29) is 24.1 Å². The lowest BCUT2D eigenvalue weighted by molar-refractivity contribution is -0.144. The third-order valence-corrected chi connectivity index (χ3v) is 5.90. The van der Waals surface area contributed by atoms with Gasteiger partial charge in [0.2, 0.25) is 0 Å². The number of hydrogen-bond acceptors (Lipinski definition) is 4. The number of nitrogens with zero attached hydrogens (tertiary/aromatic N) is 1. The summed E-state index contributed by atoms with van der Waals surface area (Å²) in [5.41, 5.74) is 2.31. The van der Waals surface area contributed by atoms with Crippen LogP contribution in [-0.2, 0) is 16.0 Å². The predicted molar refractivity (Wildman–Crippen MR) is 101 cm³/mol. The molecule has 4 atom stereocenters. The van der Waals surface area contributed by atoms with Gasteiger partial charge in [-0.2, -0.15) is 0 Å².